The fourth-order valence-electron chi connectivity index (χ4n) is 2.35. The number of carbonyl (C=O) groups excluding carboxylic acids is 1. The van der Waals surface area contributed by atoms with Crippen molar-refractivity contribution in [2.24, 2.45) is 0 Å². The van der Waals surface area contributed by atoms with E-state index in [1.54, 1.807) is 0 Å². The average molecular weight is 317 g/mol. The van der Waals surface area contributed by atoms with Crippen LogP contribution in [-0.2, 0) is 6.42 Å². The van der Waals surface area contributed by atoms with Crippen LogP contribution in [-0.4, -0.2) is 12.4 Å². The lowest BCUT2D eigenvalue weighted by Crippen LogP contribution is -2.05. The topological polar surface area (TPSA) is 26.3 Å². The summed E-state index contributed by atoms with van der Waals surface area (Å²) in [6.07, 6.45) is 0.880. The Labute approximate surface area is 120 Å². The van der Waals surface area contributed by atoms with Crippen LogP contribution in [0.4, 0.5) is 0 Å². The predicted octanol–water partition coefficient (Wildman–Crippen LogP) is 3.92. The van der Waals surface area contributed by atoms with Crippen molar-refractivity contribution < 1.29 is 9.53 Å². The fourth-order valence-corrected chi connectivity index (χ4v) is 2.78. The zero-order valence-corrected chi connectivity index (χ0v) is 12.2. The van der Waals surface area contributed by atoms with E-state index in [1.165, 1.54) is 0 Å². The number of ether oxygens (including phenoxy) is 1. The first-order valence-corrected chi connectivity index (χ1v) is 7.01. The second-order valence-corrected chi connectivity index (χ2v) is 5.56. The summed E-state index contributed by atoms with van der Waals surface area (Å²) in [6.45, 7) is 2.64. The number of fused-ring (bicyclic) bond motifs is 1. The Balaban J connectivity index is 2.10. The summed E-state index contributed by atoms with van der Waals surface area (Å²) in [4.78, 5) is 12.7. The molecule has 2 nitrogen and oxygen atoms in total. The summed E-state index contributed by atoms with van der Waals surface area (Å²) in [5, 5.41) is 0. The standard InChI is InChI=1S/C16H13BrO2/c1-10-5-6-14(17)13(9-10)15(18)12-4-2-3-11-7-8-19-16(11)12/h2-6,9H,7-8H2,1H3. The molecular formula is C16H13BrO2. The van der Waals surface area contributed by atoms with Crippen molar-refractivity contribution in [2.75, 3.05) is 6.61 Å². The molecule has 1 heterocycles. The summed E-state index contributed by atoms with van der Waals surface area (Å²) in [6, 6.07) is 11.6. The van der Waals surface area contributed by atoms with Crippen LogP contribution in [0.2, 0.25) is 0 Å². The van der Waals surface area contributed by atoms with E-state index >= 15 is 0 Å². The molecule has 0 amide bonds. The van der Waals surface area contributed by atoms with Gasteiger partial charge in [-0.25, -0.2) is 0 Å². The van der Waals surface area contributed by atoms with Gasteiger partial charge >= 0.3 is 0 Å². The Morgan fingerprint density at radius 3 is 2.89 bits per heavy atom. The van der Waals surface area contributed by atoms with Crippen LogP contribution in [0.25, 0.3) is 0 Å². The molecule has 3 heteroatoms. The molecule has 0 aromatic heterocycles. The minimum atomic E-state index is 0.00863. The summed E-state index contributed by atoms with van der Waals surface area (Å²) in [7, 11) is 0. The van der Waals surface area contributed by atoms with E-state index in [2.05, 4.69) is 15.9 Å². The average Bonchev–Trinajstić information content (AvgIpc) is 2.89. The number of rotatable bonds is 2. The predicted molar refractivity (Wildman–Crippen MR) is 78.0 cm³/mol. The molecule has 3 rings (SSSR count). The molecule has 19 heavy (non-hydrogen) atoms. The van der Waals surface area contributed by atoms with E-state index in [-0.39, 0.29) is 5.78 Å². The van der Waals surface area contributed by atoms with Gasteiger partial charge in [0.2, 0.25) is 0 Å². The fraction of sp³-hybridized carbons (Fsp3) is 0.188. The number of halogens is 1. The van der Waals surface area contributed by atoms with Crippen molar-refractivity contribution in [2.45, 2.75) is 13.3 Å². The first-order chi connectivity index (χ1) is 9.16. The number of para-hydroxylation sites is 1. The van der Waals surface area contributed by atoms with E-state index in [4.69, 9.17) is 4.74 Å². The monoisotopic (exact) mass is 316 g/mol. The van der Waals surface area contributed by atoms with E-state index in [0.717, 1.165) is 27.8 Å². The highest BCUT2D eigenvalue weighted by Gasteiger charge is 2.22. The van der Waals surface area contributed by atoms with Gasteiger partial charge in [-0.3, -0.25) is 4.79 Å². The molecule has 0 bridgehead atoms. The number of aryl methyl sites for hydroxylation is 1. The van der Waals surface area contributed by atoms with Crippen molar-refractivity contribution in [1.82, 2.24) is 0 Å². The molecule has 96 valence electrons. The van der Waals surface area contributed by atoms with E-state index in [1.807, 2.05) is 43.3 Å². The van der Waals surface area contributed by atoms with Crippen LogP contribution in [0.15, 0.2) is 40.9 Å². The third kappa shape index (κ3) is 2.19. The molecule has 2 aromatic rings. The Hall–Kier alpha value is -1.61. The van der Waals surface area contributed by atoms with Crippen molar-refractivity contribution in [3.8, 4) is 5.75 Å². The lowest BCUT2D eigenvalue weighted by molar-refractivity contribution is 0.103. The molecule has 0 unspecified atom stereocenters. The van der Waals surface area contributed by atoms with Gasteiger partial charge in [-0.05, 0) is 30.7 Å². The van der Waals surface area contributed by atoms with Crippen molar-refractivity contribution in [3.63, 3.8) is 0 Å². The molecular weight excluding hydrogens is 304 g/mol. The van der Waals surface area contributed by atoms with Gasteiger partial charge in [-0.2, -0.15) is 0 Å². The molecule has 0 saturated heterocycles. The van der Waals surface area contributed by atoms with Crippen LogP contribution in [0.3, 0.4) is 0 Å². The minimum absolute atomic E-state index is 0.00863. The van der Waals surface area contributed by atoms with Gasteiger partial charge in [-0.15, -0.1) is 0 Å². The van der Waals surface area contributed by atoms with Crippen LogP contribution >= 0.6 is 15.9 Å². The van der Waals surface area contributed by atoms with Crippen LogP contribution in [0, 0.1) is 6.92 Å². The molecule has 0 radical (unpaired) electrons. The molecule has 1 aliphatic heterocycles. The molecule has 2 aromatic carbocycles. The van der Waals surface area contributed by atoms with Gasteiger partial charge in [0.1, 0.15) is 5.75 Å². The van der Waals surface area contributed by atoms with Gasteiger partial charge < -0.3 is 4.74 Å². The lowest BCUT2D eigenvalue weighted by atomic mass is 9.99. The van der Waals surface area contributed by atoms with Crippen molar-refractivity contribution >= 4 is 21.7 Å². The zero-order chi connectivity index (χ0) is 13.4. The van der Waals surface area contributed by atoms with Crippen LogP contribution < -0.4 is 4.74 Å². The van der Waals surface area contributed by atoms with Crippen molar-refractivity contribution in [3.05, 3.63) is 63.1 Å². The lowest BCUT2D eigenvalue weighted by Gasteiger charge is -2.09. The van der Waals surface area contributed by atoms with Crippen molar-refractivity contribution in [1.29, 1.82) is 0 Å². The molecule has 0 spiro atoms. The molecule has 1 aliphatic rings. The summed E-state index contributed by atoms with van der Waals surface area (Å²) < 4.78 is 6.42. The second kappa shape index (κ2) is 4.82. The number of ketones is 1. The normalized spacial score (nSPS) is 12.9. The zero-order valence-electron chi connectivity index (χ0n) is 10.6. The first kappa shape index (κ1) is 12.4. The highest BCUT2D eigenvalue weighted by atomic mass is 79.9. The highest BCUT2D eigenvalue weighted by Crippen LogP contribution is 2.32. The number of carbonyl (C=O) groups is 1. The van der Waals surface area contributed by atoms with Crippen LogP contribution in [0.5, 0.6) is 5.75 Å². The Bertz CT molecular complexity index is 662. The van der Waals surface area contributed by atoms with Gasteiger partial charge in [0.05, 0.1) is 12.2 Å². The van der Waals surface area contributed by atoms with Gasteiger partial charge in [0.15, 0.2) is 5.78 Å². The van der Waals surface area contributed by atoms with E-state index in [0.29, 0.717) is 17.7 Å². The third-order valence-corrected chi connectivity index (χ3v) is 4.02. The third-order valence-electron chi connectivity index (χ3n) is 3.33. The minimum Gasteiger partial charge on any atom is -0.492 e. The summed E-state index contributed by atoms with van der Waals surface area (Å²) in [5.74, 6) is 0.759. The largest absolute Gasteiger partial charge is 0.492 e. The molecule has 0 aliphatic carbocycles. The maximum absolute atomic E-state index is 12.7. The molecule has 0 fully saturated rings. The number of benzene rings is 2. The maximum Gasteiger partial charge on any atom is 0.197 e. The van der Waals surface area contributed by atoms with Gasteiger partial charge in [0, 0.05) is 16.5 Å². The molecule has 0 N–H and O–H groups in total. The van der Waals surface area contributed by atoms with Gasteiger partial charge in [-0.1, -0.05) is 39.7 Å². The van der Waals surface area contributed by atoms with Crippen LogP contribution in [0.1, 0.15) is 27.0 Å². The SMILES string of the molecule is Cc1ccc(Br)c(C(=O)c2cccc3c2OCC3)c1. The van der Waals surface area contributed by atoms with E-state index in [9.17, 15) is 4.79 Å². The highest BCUT2D eigenvalue weighted by molar-refractivity contribution is 9.10. The van der Waals surface area contributed by atoms with E-state index < -0.39 is 0 Å². The maximum atomic E-state index is 12.7. The Morgan fingerprint density at radius 1 is 1.21 bits per heavy atom. The smallest absolute Gasteiger partial charge is 0.197 e. The number of hydrogen-bond donors (Lipinski definition) is 0. The summed E-state index contributed by atoms with van der Waals surface area (Å²) >= 11 is 3.45. The Kier molecular flexibility index (Phi) is 3.15. The van der Waals surface area contributed by atoms with Gasteiger partial charge in [0.25, 0.3) is 0 Å². The second-order valence-electron chi connectivity index (χ2n) is 4.70. The number of hydrogen-bond acceptors (Lipinski definition) is 2. The summed E-state index contributed by atoms with van der Waals surface area (Å²) in [5.41, 5.74) is 3.53. The molecule has 0 atom stereocenters. The molecule has 0 saturated carbocycles. The Morgan fingerprint density at radius 2 is 2.05 bits per heavy atom. The quantitative estimate of drug-likeness (QED) is 0.785. The first-order valence-electron chi connectivity index (χ1n) is 6.22.